The molecule has 4 aliphatic rings. The van der Waals surface area contributed by atoms with E-state index in [1.54, 1.807) is 10.5 Å². The van der Waals surface area contributed by atoms with Crippen LogP contribution in [0.1, 0.15) is 43.2 Å². The number of ether oxygens (including phenoxy) is 1. The molecular formula is C22H31N4O+. The Balaban J connectivity index is 1.62. The number of rotatable bonds is 3. The van der Waals surface area contributed by atoms with Gasteiger partial charge in [0.05, 0.1) is 24.8 Å². The Hall–Kier alpha value is -1.72. The summed E-state index contributed by atoms with van der Waals surface area (Å²) >= 11 is 0. The average Bonchev–Trinajstić information content (AvgIpc) is 3.40. The van der Waals surface area contributed by atoms with Gasteiger partial charge in [-0.25, -0.2) is 0 Å². The van der Waals surface area contributed by atoms with Crippen molar-refractivity contribution in [2.24, 2.45) is 16.3 Å². The van der Waals surface area contributed by atoms with Crippen molar-refractivity contribution >= 4 is 5.69 Å². The van der Waals surface area contributed by atoms with Crippen LogP contribution in [0.2, 0.25) is 0 Å². The minimum absolute atomic E-state index is 0.0678. The average molecular weight is 368 g/mol. The third kappa shape index (κ3) is 2.59. The standard InChI is InChI=1S/C22H30N4O/c1-16-7-8-19(15-17(16)2)26-22(25-11-13-27-14-12-25)20(18-5-3-4-6-18)9-10-21(22)23-24-26/h5,7-8,15,20-21H,3-4,6,9-14H2,1-2H3/p+1/t20-,21+,22+/m1/s1. The molecule has 0 aromatic heterocycles. The summed E-state index contributed by atoms with van der Waals surface area (Å²) in [5, 5.41) is 12.0. The molecule has 144 valence electrons. The Morgan fingerprint density at radius 2 is 2.00 bits per heavy atom. The molecular weight excluding hydrogens is 336 g/mol. The zero-order valence-electron chi connectivity index (χ0n) is 16.6. The van der Waals surface area contributed by atoms with E-state index in [-0.39, 0.29) is 5.66 Å². The molecule has 5 rings (SSSR count). The summed E-state index contributed by atoms with van der Waals surface area (Å²) in [6, 6.07) is 7.06. The van der Waals surface area contributed by atoms with Gasteiger partial charge in [0.15, 0.2) is 0 Å². The van der Waals surface area contributed by atoms with Crippen molar-refractivity contribution < 1.29 is 9.64 Å². The van der Waals surface area contributed by atoms with Crippen molar-refractivity contribution in [3.05, 3.63) is 41.0 Å². The van der Waals surface area contributed by atoms with Crippen LogP contribution in [-0.2, 0) is 4.74 Å². The molecule has 0 amide bonds. The second-order valence-electron chi connectivity index (χ2n) is 8.64. The quantitative estimate of drug-likeness (QED) is 0.835. The van der Waals surface area contributed by atoms with Gasteiger partial charge in [-0.05, 0) is 69.2 Å². The van der Waals surface area contributed by atoms with Crippen LogP contribution in [-0.4, -0.2) is 38.0 Å². The highest BCUT2D eigenvalue weighted by molar-refractivity contribution is 5.53. The summed E-state index contributed by atoms with van der Waals surface area (Å²) in [7, 11) is 0. The van der Waals surface area contributed by atoms with E-state index in [0.717, 1.165) is 32.7 Å². The molecule has 0 unspecified atom stereocenters. The Bertz CT molecular complexity index is 783. The molecule has 0 radical (unpaired) electrons. The molecule has 0 bridgehead atoms. The van der Waals surface area contributed by atoms with Gasteiger partial charge in [-0.15, -0.1) is 0 Å². The number of quaternary nitrogens is 1. The van der Waals surface area contributed by atoms with Crippen LogP contribution in [0.5, 0.6) is 0 Å². The van der Waals surface area contributed by atoms with E-state index in [1.165, 1.54) is 42.5 Å². The third-order valence-electron chi connectivity index (χ3n) is 7.32. The minimum Gasteiger partial charge on any atom is -0.370 e. The number of allylic oxidation sites excluding steroid dienone is 1. The van der Waals surface area contributed by atoms with Crippen LogP contribution in [0.15, 0.2) is 40.2 Å². The number of hydrogen-bond donors (Lipinski definition) is 1. The van der Waals surface area contributed by atoms with E-state index in [0.29, 0.717) is 12.0 Å². The fourth-order valence-electron chi connectivity index (χ4n) is 5.87. The number of nitrogens with one attached hydrogen (secondary N) is 1. The lowest BCUT2D eigenvalue weighted by molar-refractivity contribution is -0.961. The second kappa shape index (κ2) is 6.71. The molecule has 1 N–H and O–H groups in total. The smallest absolute Gasteiger partial charge is 0.225 e. The molecule has 2 heterocycles. The summed E-state index contributed by atoms with van der Waals surface area (Å²) in [5.41, 5.74) is 5.46. The van der Waals surface area contributed by atoms with Gasteiger partial charge in [-0.3, -0.25) is 0 Å². The zero-order valence-corrected chi connectivity index (χ0v) is 16.6. The third-order valence-corrected chi connectivity index (χ3v) is 7.32. The Labute approximate surface area is 162 Å². The molecule has 5 nitrogen and oxygen atoms in total. The first-order chi connectivity index (χ1) is 13.2. The molecule has 2 fully saturated rings. The van der Waals surface area contributed by atoms with E-state index < -0.39 is 0 Å². The second-order valence-corrected chi connectivity index (χ2v) is 8.64. The van der Waals surface area contributed by atoms with Crippen LogP contribution in [0.25, 0.3) is 0 Å². The Morgan fingerprint density at radius 3 is 2.74 bits per heavy atom. The first-order valence-corrected chi connectivity index (χ1v) is 10.6. The van der Waals surface area contributed by atoms with Gasteiger partial charge < -0.3 is 9.64 Å². The van der Waals surface area contributed by atoms with Gasteiger partial charge in [0.2, 0.25) is 5.66 Å². The summed E-state index contributed by atoms with van der Waals surface area (Å²) < 4.78 is 5.73. The molecule has 1 saturated carbocycles. The van der Waals surface area contributed by atoms with Gasteiger partial charge >= 0.3 is 0 Å². The van der Waals surface area contributed by atoms with Crippen LogP contribution < -0.4 is 9.91 Å². The van der Waals surface area contributed by atoms with Gasteiger partial charge in [-0.1, -0.05) is 22.9 Å². The zero-order chi connectivity index (χ0) is 18.4. The van der Waals surface area contributed by atoms with Crippen LogP contribution in [0, 0.1) is 19.8 Å². The summed E-state index contributed by atoms with van der Waals surface area (Å²) in [5.74, 6) is 0.551. The van der Waals surface area contributed by atoms with Crippen molar-refractivity contribution in [1.29, 1.82) is 0 Å². The highest BCUT2D eigenvalue weighted by atomic mass is 16.5. The maximum Gasteiger partial charge on any atom is 0.225 e. The van der Waals surface area contributed by atoms with Gasteiger partial charge in [0, 0.05) is 0 Å². The number of anilines is 1. The fraction of sp³-hybridized carbons (Fsp3) is 0.636. The molecule has 1 aromatic rings. The Morgan fingerprint density at radius 1 is 1.15 bits per heavy atom. The largest absolute Gasteiger partial charge is 0.370 e. The number of fused-ring (bicyclic) bond motifs is 1. The number of aryl methyl sites for hydroxylation is 2. The predicted octanol–water partition coefficient (Wildman–Crippen LogP) is 2.99. The van der Waals surface area contributed by atoms with Crippen LogP contribution >= 0.6 is 0 Å². The number of morpholine rings is 1. The van der Waals surface area contributed by atoms with Crippen LogP contribution in [0.3, 0.4) is 0 Å². The van der Waals surface area contributed by atoms with Crippen molar-refractivity contribution in [3.8, 4) is 0 Å². The van der Waals surface area contributed by atoms with E-state index in [9.17, 15) is 0 Å². The summed E-state index contributed by atoms with van der Waals surface area (Å²) in [6.07, 6.45) is 8.71. The topological polar surface area (TPSA) is 41.6 Å². The molecule has 5 heteroatoms. The molecule has 2 aliphatic heterocycles. The lowest BCUT2D eigenvalue weighted by atomic mass is 9.84. The normalized spacial score (nSPS) is 33.6. The summed E-state index contributed by atoms with van der Waals surface area (Å²) in [6.45, 7) is 8.16. The molecule has 27 heavy (non-hydrogen) atoms. The lowest BCUT2D eigenvalue weighted by Crippen LogP contribution is -3.25. The predicted molar refractivity (Wildman–Crippen MR) is 106 cm³/mol. The number of nitrogens with zero attached hydrogens (tertiary/aromatic N) is 3. The monoisotopic (exact) mass is 367 g/mol. The van der Waals surface area contributed by atoms with Crippen molar-refractivity contribution in [1.82, 2.24) is 0 Å². The number of hydrogen-bond acceptors (Lipinski definition) is 4. The lowest BCUT2D eigenvalue weighted by Gasteiger charge is -2.47. The fourth-order valence-corrected chi connectivity index (χ4v) is 5.87. The van der Waals surface area contributed by atoms with Gasteiger partial charge in [-0.2, -0.15) is 10.1 Å². The Kier molecular flexibility index (Phi) is 4.32. The van der Waals surface area contributed by atoms with E-state index >= 15 is 0 Å². The van der Waals surface area contributed by atoms with Gasteiger partial charge in [0.25, 0.3) is 0 Å². The summed E-state index contributed by atoms with van der Waals surface area (Å²) in [4.78, 5) is 1.62. The SMILES string of the molecule is Cc1ccc(N2N=N[C@H]3CC[C@H](C4=CCCC4)[C@@]32[NH+]2CCOCC2)cc1C. The first-order valence-electron chi connectivity index (χ1n) is 10.6. The van der Waals surface area contributed by atoms with E-state index in [1.807, 2.05) is 0 Å². The minimum atomic E-state index is -0.0678. The van der Waals surface area contributed by atoms with Gasteiger partial charge in [0.1, 0.15) is 19.1 Å². The maximum absolute atomic E-state index is 5.73. The first kappa shape index (κ1) is 17.4. The molecule has 1 saturated heterocycles. The maximum atomic E-state index is 5.73. The van der Waals surface area contributed by atoms with Crippen molar-refractivity contribution in [2.75, 3.05) is 31.3 Å². The van der Waals surface area contributed by atoms with Crippen LogP contribution in [0.4, 0.5) is 5.69 Å². The van der Waals surface area contributed by atoms with Crippen molar-refractivity contribution in [3.63, 3.8) is 0 Å². The molecule has 2 aliphatic carbocycles. The number of benzene rings is 1. The van der Waals surface area contributed by atoms with Crippen molar-refractivity contribution in [2.45, 2.75) is 57.7 Å². The highest BCUT2D eigenvalue weighted by Crippen LogP contribution is 2.49. The van der Waals surface area contributed by atoms with E-state index in [4.69, 9.17) is 15.1 Å². The van der Waals surface area contributed by atoms with E-state index in [2.05, 4.69) is 43.1 Å². The highest BCUT2D eigenvalue weighted by Gasteiger charge is 2.66. The molecule has 1 aromatic carbocycles. The molecule has 3 atom stereocenters. The molecule has 0 spiro atoms.